The predicted octanol–water partition coefficient (Wildman–Crippen LogP) is 4.78. The smallest absolute Gasteiger partial charge is 0.123 e. The third kappa shape index (κ3) is 3.85. The van der Waals surface area contributed by atoms with Crippen molar-refractivity contribution < 1.29 is 0 Å². The molecule has 0 spiro atoms. The van der Waals surface area contributed by atoms with Crippen molar-refractivity contribution in [2.45, 2.75) is 32.2 Å². The molecule has 112 valence electrons. The summed E-state index contributed by atoms with van der Waals surface area (Å²) in [6, 6.07) is 8.77. The number of aromatic nitrogens is 1. The Bertz CT molecular complexity index is 588. The van der Waals surface area contributed by atoms with Crippen molar-refractivity contribution in [3.63, 3.8) is 0 Å². The number of thiazole rings is 1. The maximum absolute atomic E-state index is 5.84. The van der Waals surface area contributed by atoms with Crippen LogP contribution in [0.15, 0.2) is 29.6 Å². The fourth-order valence-electron chi connectivity index (χ4n) is 2.78. The van der Waals surface area contributed by atoms with E-state index >= 15 is 0 Å². The van der Waals surface area contributed by atoms with Gasteiger partial charge in [0.1, 0.15) is 5.01 Å². The first-order chi connectivity index (χ1) is 10.2. The molecule has 2 nitrogen and oxygen atoms in total. The third-order valence-electron chi connectivity index (χ3n) is 4.15. The maximum Gasteiger partial charge on any atom is 0.123 e. The zero-order chi connectivity index (χ0) is 14.7. The molecule has 4 heteroatoms. The van der Waals surface area contributed by atoms with Gasteiger partial charge in [-0.1, -0.05) is 25.1 Å². The highest BCUT2D eigenvalue weighted by atomic mass is 35.5. The molecule has 3 rings (SSSR count). The summed E-state index contributed by atoms with van der Waals surface area (Å²) in [4.78, 5) is 7.13. The molecule has 21 heavy (non-hydrogen) atoms. The van der Waals surface area contributed by atoms with E-state index in [0.29, 0.717) is 5.88 Å². The number of halogens is 1. The van der Waals surface area contributed by atoms with Crippen LogP contribution in [0.25, 0.3) is 10.6 Å². The molecule has 1 aromatic carbocycles. The Kier molecular flexibility index (Phi) is 4.94. The van der Waals surface area contributed by atoms with Crippen LogP contribution in [-0.2, 0) is 12.4 Å². The van der Waals surface area contributed by atoms with Crippen molar-refractivity contribution in [2.75, 3.05) is 13.1 Å². The normalized spacial score (nSPS) is 17.2. The molecule has 0 bridgehead atoms. The number of alkyl halides is 1. The number of benzene rings is 1. The molecule has 1 fully saturated rings. The lowest BCUT2D eigenvalue weighted by Gasteiger charge is -2.30. The van der Waals surface area contributed by atoms with Crippen LogP contribution in [-0.4, -0.2) is 23.0 Å². The molecule has 1 saturated heterocycles. The number of nitrogens with zero attached hydrogens (tertiary/aromatic N) is 2. The summed E-state index contributed by atoms with van der Waals surface area (Å²) in [5.74, 6) is 1.37. The number of likely N-dealkylation sites (tertiary alicyclic amines) is 1. The number of rotatable bonds is 4. The predicted molar refractivity (Wildman–Crippen MR) is 90.8 cm³/mol. The van der Waals surface area contributed by atoms with Crippen LogP contribution in [0.2, 0.25) is 0 Å². The van der Waals surface area contributed by atoms with Crippen LogP contribution >= 0.6 is 22.9 Å². The summed E-state index contributed by atoms with van der Waals surface area (Å²) >= 11 is 7.51. The van der Waals surface area contributed by atoms with Gasteiger partial charge in [-0.15, -0.1) is 22.9 Å². The molecule has 0 radical (unpaired) electrons. The van der Waals surface area contributed by atoms with Crippen LogP contribution in [0, 0.1) is 5.92 Å². The zero-order valence-electron chi connectivity index (χ0n) is 12.4. The van der Waals surface area contributed by atoms with E-state index in [9.17, 15) is 0 Å². The van der Waals surface area contributed by atoms with Gasteiger partial charge >= 0.3 is 0 Å². The van der Waals surface area contributed by atoms with Gasteiger partial charge in [0.15, 0.2) is 0 Å². The molecule has 2 aromatic rings. The van der Waals surface area contributed by atoms with Crippen LogP contribution in [0.5, 0.6) is 0 Å². The minimum Gasteiger partial charge on any atom is -0.299 e. The summed E-state index contributed by atoms with van der Waals surface area (Å²) in [7, 11) is 0. The zero-order valence-corrected chi connectivity index (χ0v) is 14.0. The fraction of sp³-hybridized carbons (Fsp3) is 0.471. The van der Waals surface area contributed by atoms with Gasteiger partial charge in [-0.05, 0) is 43.5 Å². The van der Waals surface area contributed by atoms with Crippen LogP contribution < -0.4 is 0 Å². The van der Waals surface area contributed by atoms with Crippen molar-refractivity contribution >= 4 is 22.9 Å². The van der Waals surface area contributed by atoms with Gasteiger partial charge in [0, 0.05) is 17.5 Å². The van der Waals surface area contributed by atoms with Gasteiger partial charge in [-0.2, -0.15) is 0 Å². The lowest BCUT2D eigenvalue weighted by atomic mass is 9.98. The molecule has 0 atom stereocenters. The molecule has 0 saturated carbocycles. The van der Waals surface area contributed by atoms with E-state index in [1.807, 2.05) is 5.38 Å². The average molecular weight is 321 g/mol. The number of hydrogen-bond donors (Lipinski definition) is 0. The highest BCUT2D eigenvalue weighted by molar-refractivity contribution is 7.13. The highest BCUT2D eigenvalue weighted by Gasteiger charge is 2.16. The maximum atomic E-state index is 5.84. The summed E-state index contributed by atoms with van der Waals surface area (Å²) in [5, 5.41) is 3.11. The highest BCUT2D eigenvalue weighted by Crippen LogP contribution is 2.26. The second-order valence-corrected chi connectivity index (χ2v) is 7.06. The first kappa shape index (κ1) is 15.0. The van der Waals surface area contributed by atoms with Crippen molar-refractivity contribution in [1.29, 1.82) is 0 Å². The van der Waals surface area contributed by atoms with E-state index in [1.54, 1.807) is 11.3 Å². The van der Waals surface area contributed by atoms with Crippen molar-refractivity contribution in [3.05, 3.63) is 40.9 Å². The minimum absolute atomic E-state index is 0.488. The molecular formula is C17H21ClN2S. The SMILES string of the molecule is CC1CCN(Cc2cccc(-c3nc(CCl)cs3)c2)CC1. The molecule has 2 heterocycles. The average Bonchev–Trinajstić information content (AvgIpc) is 2.99. The molecule has 1 aromatic heterocycles. The Morgan fingerprint density at radius 3 is 2.86 bits per heavy atom. The van der Waals surface area contributed by atoms with E-state index in [-0.39, 0.29) is 0 Å². The minimum atomic E-state index is 0.488. The fourth-order valence-corrected chi connectivity index (χ4v) is 3.83. The topological polar surface area (TPSA) is 16.1 Å². The summed E-state index contributed by atoms with van der Waals surface area (Å²) in [6.45, 7) is 5.85. The Hall–Kier alpha value is -0.900. The van der Waals surface area contributed by atoms with Gasteiger partial charge < -0.3 is 0 Å². The van der Waals surface area contributed by atoms with Gasteiger partial charge in [-0.3, -0.25) is 4.90 Å². The van der Waals surface area contributed by atoms with E-state index < -0.39 is 0 Å². The summed E-state index contributed by atoms with van der Waals surface area (Å²) < 4.78 is 0. The van der Waals surface area contributed by atoms with E-state index in [2.05, 4.69) is 41.1 Å². The quantitative estimate of drug-likeness (QED) is 0.754. The molecule has 0 amide bonds. The molecule has 0 unspecified atom stereocenters. The Morgan fingerprint density at radius 2 is 2.14 bits per heavy atom. The van der Waals surface area contributed by atoms with Crippen molar-refractivity contribution in [3.8, 4) is 10.6 Å². The van der Waals surface area contributed by atoms with Crippen LogP contribution in [0.4, 0.5) is 0 Å². The standard InChI is InChI=1S/C17H21ClN2S/c1-13-5-7-20(8-6-13)11-14-3-2-4-15(9-14)17-19-16(10-18)12-21-17/h2-4,9,12-13H,5-8,10-11H2,1H3. The third-order valence-corrected chi connectivity index (χ3v) is 5.36. The van der Waals surface area contributed by atoms with Crippen LogP contribution in [0.1, 0.15) is 31.0 Å². The Morgan fingerprint density at radius 1 is 1.33 bits per heavy atom. The Labute approximate surface area is 135 Å². The van der Waals surface area contributed by atoms with Crippen molar-refractivity contribution in [2.24, 2.45) is 5.92 Å². The number of piperidine rings is 1. The van der Waals surface area contributed by atoms with Gasteiger partial charge in [0.2, 0.25) is 0 Å². The van der Waals surface area contributed by atoms with E-state index in [0.717, 1.165) is 23.2 Å². The van der Waals surface area contributed by atoms with Crippen LogP contribution in [0.3, 0.4) is 0 Å². The molecule has 1 aliphatic rings. The second kappa shape index (κ2) is 6.91. The summed E-state index contributed by atoms with van der Waals surface area (Å²) in [5.41, 5.74) is 3.55. The largest absolute Gasteiger partial charge is 0.299 e. The first-order valence-electron chi connectivity index (χ1n) is 7.56. The Balaban J connectivity index is 1.71. The molecule has 0 N–H and O–H groups in total. The van der Waals surface area contributed by atoms with Gasteiger partial charge in [0.25, 0.3) is 0 Å². The van der Waals surface area contributed by atoms with E-state index in [1.165, 1.54) is 37.1 Å². The number of hydrogen-bond acceptors (Lipinski definition) is 3. The van der Waals surface area contributed by atoms with Gasteiger partial charge in [-0.25, -0.2) is 4.98 Å². The molecule has 0 aliphatic carbocycles. The molecular weight excluding hydrogens is 300 g/mol. The molecule has 1 aliphatic heterocycles. The lowest BCUT2D eigenvalue weighted by Crippen LogP contribution is -2.32. The van der Waals surface area contributed by atoms with E-state index in [4.69, 9.17) is 11.6 Å². The lowest BCUT2D eigenvalue weighted by molar-refractivity contribution is 0.185. The first-order valence-corrected chi connectivity index (χ1v) is 8.98. The van der Waals surface area contributed by atoms with Gasteiger partial charge in [0.05, 0.1) is 11.6 Å². The summed E-state index contributed by atoms with van der Waals surface area (Å²) in [6.07, 6.45) is 2.65. The van der Waals surface area contributed by atoms with Crippen molar-refractivity contribution in [1.82, 2.24) is 9.88 Å². The monoisotopic (exact) mass is 320 g/mol. The second-order valence-electron chi connectivity index (χ2n) is 5.94.